The average Bonchev–Trinajstić information content (AvgIpc) is 2.75. The normalized spacial score (nSPS) is 24.0. The van der Waals surface area contributed by atoms with E-state index in [4.69, 9.17) is 11.5 Å². The first-order valence-electron chi connectivity index (χ1n) is 4.99. The van der Waals surface area contributed by atoms with E-state index < -0.39 is 0 Å². The fourth-order valence-electron chi connectivity index (χ4n) is 2.10. The Morgan fingerprint density at radius 2 is 2.36 bits per heavy atom. The maximum absolute atomic E-state index is 6.14. The van der Waals surface area contributed by atoms with Gasteiger partial charge in [-0.2, -0.15) is 5.10 Å². The predicted octanol–water partition coefficient (Wildman–Crippen LogP) is 0.0521. The van der Waals surface area contributed by atoms with Gasteiger partial charge in [-0.1, -0.05) is 0 Å². The molecule has 2 heterocycles. The number of hydrogen-bond donors (Lipinski definition) is 4. The minimum absolute atomic E-state index is 0.0451. The Labute approximate surface area is 83.2 Å². The lowest BCUT2D eigenvalue weighted by Crippen LogP contribution is -2.34. The van der Waals surface area contributed by atoms with Crippen molar-refractivity contribution in [3.8, 4) is 0 Å². The van der Waals surface area contributed by atoms with Crippen LogP contribution in [0.1, 0.15) is 30.1 Å². The van der Waals surface area contributed by atoms with E-state index >= 15 is 0 Å². The van der Waals surface area contributed by atoms with E-state index in [9.17, 15) is 0 Å². The molecule has 0 saturated carbocycles. The molecule has 0 aliphatic carbocycles. The summed E-state index contributed by atoms with van der Waals surface area (Å²) in [5.41, 5.74) is 13.8. The number of anilines is 1. The van der Waals surface area contributed by atoms with Crippen molar-refractivity contribution in [2.24, 2.45) is 5.73 Å². The van der Waals surface area contributed by atoms with Crippen LogP contribution in [0.4, 0.5) is 5.82 Å². The van der Waals surface area contributed by atoms with Crippen LogP contribution in [0.25, 0.3) is 0 Å². The van der Waals surface area contributed by atoms with Crippen LogP contribution in [0.3, 0.4) is 0 Å². The Morgan fingerprint density at radius 3 is 2.86 bits per heavy atom. The molecule has 0 unspecified atom stereocenters. The summed E-state index contributed by atoms with van der Waals surface area (Å²) < 4.78 is 0. The van der Waals surface area contributed by atoms with Gasteiger partial charge >= 0.3 is 0 Å². The second-order valence-electron chi connectivity index (χ2n) is 3.88. The minimum Gasteiger partial charge on any atom is -0.382 e. The molecule has 2 atom stereocenters. The van der Waals surface area contributed by atoms with Gasteiger partial charge in [-0.25, -0.2) is 0 Å². The zero-order valence-electron chi connectivity index (χ0n) is 8.38. The third-order valence-corrected chi connectivity index (χ3v) is 2.89. The highest BCUT2D eigenvalue weighted by molar-refractivity contribution is 5.44. The molecule has 2 rings (SSSR count). The molecule has 78 valence electrons. The molecule has 0 radical (unpaired) electrons. The monoisotopic (exact) mass is 195 g/mol. The van der Waals surface area contributed by atoms with E-state index in [1.54, 1.807) is 0 Å². The largest absolute Gasteiger partial charge is 0.382 e. The number of aromatic nitrogens is 2. The maximum atomic E-state index is 6.14. The number of nitrogens with zero attached hydrogens (tertiary/aromatic N) is 1. The van der Waals surface area contributed by atoms with Crippen molar-refractivity contribution >= 4 is 5.82 Å². The van der Waals surface area contributed by atoms with Crippen molar-refractivity contribution in [3.63, 3.8) is 0 Å². The lowest BCUT2D eigenvalue weighted by Gasteiger charge is -2.19. The second-order valence-corrected chi connectivity index (χ2v) is 3.88. The van der Waals surface area contributed by atoms with E-state index in [0.717, 1.165) is 24.2 Å². The van der Waals surface area contributed by atoms with Crippen LogP contribution in [0.2, 0.25) is 0 Å². The molecule has 5 nitrogen and oxygen atoms in total. The van der Waals surface area contributed by atoms with Crippen molar-refractivity contribution in [2.75, 3.05) is 12.3 Å². The number of aryl methyl sites for hydroxylation is 1. The fourth-order valence-corrected chi connectivity index (χ4v) is 2.10. The molecule has 0 bridgehead atoms. The van der Waals surface area contributed by atoms with Gasteiger partial charge in [0.1, 0.15) is 5.82 Å². The van der Waals surface area contributed by atoms with E-state index in [2.05, 4.69) is 15.5 Å². The molecule has 0 aromatic carbocycles. The van der Waals surface area contributed by atoms with Gasteiger partial charge in [0, 0.05) is 17.3 Å². The summed E-state index contributed by atoms with van der Waals surface area (Å²) in [4.78, 5) is 0. The molecule has 1 aromatic rings. The number of nitrogen functional groups attached to an aromatic ring is 1. The maximum Gasteiger partial charge on any atom is 0.150 e. The van der Waals surface area contributed by atoms with Gasteiger partial charge in [-0.3, -0.25) is 5.10 Å². The molecule has 1 fully saturated rings. The number of H-pyrrole nitrogens is 1. The highest BCUT2D eigenvalue weighted by Gasteiger charge is 2.26. The molecule has 6 N–H and O–H groups in total. The standard InChI is InChI=1S/C9H17N5/c1-5-7(9(11)14-13-5)8(10)6-3-2-4-12-6/h6,8,12H,2-4,10H2,1H3,(H3,11,13,14)/t6-,8+/m0/s1. The quantitative estimate of drug-likeness (QED) is 0.536. The van der Waals surface area contributed by atoms with E-state index in [0.29, 0.717) is 11.9 Å². The SMILES string of the molecule is Cc1[nH]nc(N)c1[C@H](N)[C@@H]1CCCN1. The van der Waals surface area contributed by atoms with E-state index in [1.165, 1.54) is 6.42 Å². The smallest absolute Gasteiger partial charge is 0.150 e. The molecular formula is C9H17N5. The van der Waals surface area contributed by atoms with E-state index in [-0.39, 0.29) is 6.04 Å². The first-order valence-corrected chi connectivity index (χ1v) is 4.99. The number of nitrogens with one attached hydrogen (secondary N) is 2. The number of rotatable bonds is 2. The average molecular weight is 195 g/mol. The molecule has 1 aromatic heterocycles. The molecule has 0 amide bonds. The summed E-state index contributed by atoms with van der Waals surface area (Å²) in [5.74, 6) is 0.531. The van der Waals surface area contributed by atoms with Gasteiger partial charge in [0.25, 0.3) is 0 Å². The summed E-state index contributed by atoms with van der Waals surface area (Å²) in [6, 6.07) is 0.296. The molecule has 1 aliphatic heterocycles. The number of nitrogens with two attached hydrogens (primary N) is 2. The summed E-state index contributed by atoms with van der Waals surface area (Å²) in [6.07, 6.45) is 2.31. The first-order chi connectivity index (χ1) is 6.70. The van der Waals surface area contributed by atoms with Crippen molar-refractivity contribution < 1.29 is 0 Å². The van der Waals surface area contributed by atoms with Crippen molar-refractivity contribution in [2.45, 2.75) is 31.8 Å². The van der Waals surface area contributed by atoms with Crippen LogP contribution < -0.4 is 16.8 Å². The molecule has 1 saturated heterocycles. The summed E-state index contributed by atoms with van der Waals surface area (Å²) >= 11 is 0. The highest BCUT2D eigenvalue weighted by Crippen LogP contribution is 2.26. The lowest BCUT2D eigenvalue weighted by atomic mass is 9.99. The highest BCUT2D eigenvalue weighted by atomic mass is 15.2. The van der Waals surface area contributed by atoms with Crippen LogP contribution in [0.15, 0.2) is 0 Å². The van der Waals surface area contributed by atoms with Gasteiger partial charge < -0.3 is 16.8 Å². The van der Waals surface area contributed by atoms with Gasteiger partial charge in [0.05, 0.1) is 6.04 Å². The Balaban J connectivity index is 2.21. The first kappa shape index (κ1) is 9.48. The molecule has 1 aliphatic rings. The Bertz CT molecular complexity index is 294. The molecular weight excluding hydrogens is 178 g/mol. The van der Waals surface area contributed by atoms with Crippen LogP contribution >= 0.6 is 0 Å². The third-order valence-electron chi connectivity index (χ3n) is 2.89. The zero-order chi connectivity index (χ0) is 10.1. The Morgan fingerprint density at radius 1 is 1.57 bits per heavy atom. The van der Waals surface area contributed by atoms with Gasteiger partial charge in [0.15, 0.2) is 0 Å². The second kappa shape index (κ2) is 3.59. The lowest BCUT2D eigenvalue weighted by molar-refractivity contribution is 0.500. The van der Waals surface area contributed by atoms with Gasteiger partial charge in [-0.05, 0) is 26.3 Å². The number of aromatic amines is 1. The van der Waals surface area contributed by atoms with Crippen LogP contribution in [-0.4, -0.2) is 22.8 Å². The van der Waals surface area contributed by atoms with E-state index in [1.807, 2.05) is 6.92 Å². The zero-order valence-corrected chi connectivity index (χ0v) is 8.38. The molecule has 0 spiro atoms. The van der Waals surface area contributed by atoms with Crippen molar-refractivity contribution in [1.82, 2.24) is 15.5 Å². The minimum atomic E-state index is -0.0451. The summed E-state index contributed by atoms with van der Waals surface area (Å²) in [6.45, 7) is 3.00. The van der Waals surface area contributed by atoms with Crippen LogP contribution in [0, 0.1) is 6.92 Å². The number of hydrogen-bond acceptors (Lipinski definition) is 4. The topological polar surface area (TPSA) is 92.8 Å². The Hall–Kier alpha value is -1.07. The van der Waals surface area contributed by atoms with Crippen molar-refractivity contribution in [3.05, 3.63) is 11.3 Å². The Kier molecular flexibility index (Phi) is 2.43. The van der Waals surface area contributed by atoms with Crippen molar-refractivity contribution in [1.29, 1.82) is 0 Å². The van der Waals surface area contributed by atoms with Crippen LogP contribution in [0.5, 0.6) is 0 Å². The molecule has 14 heavy (non-hydrogen) atoms. The molecule has 5 heteroatoms. The fraction of sp³-hybridized carbons (Fsp3) is 0.667. The summed E-state index contributed by atoms with van der Waals surface area (Å²) in [7, 11) is 0. The summed E-state index contributed by atoms with van der Waals surface area (Å²) in [5, 5.41) is 10.2. The van der Waals surface area contributed by atoms with Gasteiger partial charge in [-0.15, -0.1) is 0 Å². The van der Waals surface area contributed by atoms with Gasteiger partial charge in [0.2, 0.25) is 0 Å². The van der Waals surface area contributed by atoms with Crippen LogP contribution in [-0.2, 0) is 0 Å². The third kappa shape index (κ3) is 1.49. The predicted molar refractivity (Wildman–Crippen MR) is 55.7 cm³/mol.